The molecule has 0 spiro atoms. The number of piperidine rings is 1. The van der Waals surface area contributed by atoms with Crippen LogP contribution >= 0.6 is 0 Å². The summed E-state index contributed by atoms with van der Waals surface area (Å²) < 4.78 is 12.8. The number of nitrogens with zero attached hydrogens (tertiary/aromatic N) is 1. The van der Waals surface area contributed by atoms with Gasteiger partial charge in [-0.25, -0.2) is 4.39 Å². The SMILES string of the molecule is C[C@@H]1CCCN([C@H](C)CNC(=O)CNC(=O)c2ccc(F)cc2)C1. The van der Waals surface area contributed by atoms with Gasteiger partial charge < -0.3 is 10.6 Å². The van der Waals surface area contributed by atoms with Crippen LogP contribution in [0, 0.1) is 11.7 Å². The van der Waals surface area contributed by atoms with Crippen LogP contribution in [-0.2, 0) is 4.79 Å². The minimum Gasteiger partial charge on any atom is -0.353 e. The highest BCUT2D eigenvalue weighted by atomic mass is 19.1. The number of carbonyl (C=O) groups excluding carboxylic acids is 2. The van der Waals surface area contributed by atoms with Crippen molar-refractivity contribution >= 4 is 11.8 Å². The van der Waals surface area contributed by atoms with Crippen LogP contribution in [0.2, 0.25) is 0 Å². The second-order valence-corrected chi connectivity index (χ2v) is 6.59. The molecule has 0 unspecified atom stereocenters. The molecule has 6 heteroatoms. The Labute approximate surface area is 142 Å². The van der Waals surface area contributed by atoms with Gasteiger partial charge in [0.05, 0.1) is 6.54 Å². The molecule has 0 saturated carbocycles. The molecular weight excluding hydrogens is 309 g/mol. The zero-order chi connectivity index (χ0) is 17.5. The standard InChI is InChI=1S/C18H26FN3O2/c1-13-4-3-9-22(12-13)14(2)10-20-17(23)11-21-18(24)15-5-7-16(19)8-6-15/h5-8,13-14H,3-4,9-12H2,1-2H3,(H,20,23)(H,21,24)/t13-,14-/m1/s1. The molecule has 24 heavy (non-hydrogen) atoms. The van der Waals surface area contributed by atoms with E-state index < -0.39 is 5.82 Å². The monoisotopic (exact) mass is 335 g/mol. The average molecular weight is 335 g/mol. The van der Waals surface area contributed by atoms with E-state index in [9.17, 15) is 14.0 Å². The largest absolute Gasteiger partial charge is 0.353 e. The molecule has 1 aromatic rings. The summed E-state index contributed by atoms with van der Waals surface area (Å²) in [6, 6.07) is 5.50. The summed E-state index contributed by atoms with van der Waals surface area (Å²) in [5.41, 5.74) is 0.333. The van der Waals surface area contributed by atoms with Crippen molar-refractivity contribution in [3.8, 4) is 0 Å². The van der Waals surface area contributed by atoms with Gasteiger partial charge in [0.25, 0.3) is 5.91 Å². The summed E-state index contributed by atoms with van der Waals surface area (Å²) in [5, 5.41) is 5.40. The van der Waals surface area contributed by atoms with Crippen molar-refractivity contribution in [3.63, 3.8) is 0 Å². The molecule has 1 aromatic carbocycles. The molecule has 1 heterocycles. The second kappa shape index (κ2) is 8.78. The van der Waals surface area contributed by atoms with E-state index in [2.05, 4.69) is 29.4 Å². The fourth-order valence-electron chi connectivity index (χ4n) is 2.94. The van der Waals surface area contributed by atoms with Crippen molar-refractivity contribution < 1.29 is 14.0 Å². The van der Waals surface area contributed by atoms with Gasteiger partial charge in [0, 0.05) is 24.7 Å². The van der Waals surface area contributed by atoms with Crippen LogP contribution in [0.4, 0.5) is 4.39 Å². The van der Waals surface area contributed by atoms with Gasteiger partial charge in [0.1, 0.15) is 5.82 Å². The number of amides is 2. The molecule has 0 aliphatic carbocycles. The number of halogens is 1. The maximum atomic E-state index is 12.8. The van der Waals surface area contributed by atoms with Gasteiger partial charge in [0.2, 0.25) is 5.91 Å². The van der Waals surface area contributed by atoms with Crippen LogP contribution in [0.25, 0.3) is 0 Å². The van der Waals surface area contributed by atoms with Crippen LogP contribution in [0.1, 0.15) is 37.0 Å². The molecular formula is C18H26FN3O2. The number of rotatable bonds is 6. The van der Waals surface area contributed by atoms with E-state index in [0.717, 1.165) is 13.1 Å². The number of nitrogens with one attached hydrogen (secondary N) is 2. The number of likely N-dealkylation sites (tertiary alicyclic amines) is 1. The van der Waals surface area contributed by atoms with E-state index in [-0.39, 0.29) is 24.4 Å². The lowest BCUT2D eigenvalue weighted by atomic mass is 9.99. The highest BCUT2D eigenvalue weighted by Gasteiger charge is 2.21. The zero-order valence-corrected chi connectivity index (χ0v) is 14.3. The van der Waals surface area contributed by atoms with Gasteiger partial charge >= 0.3 is 0 Å². The number of hydrogen-bond acceptors (Lipinski definition) is 3. The molecule has 0 aromatic heterocycles. The maximum Gasteiger partial charge on any atom is 0.251 e. The summed E-state index contributed by atoms with van der Waals surface area (Å²) in [7, 11) is 0. The van der Waals surface area contributed by atoms with Crippen molar-refractivity contribution in [2.45, 2.75) is 32.7 Å². The molecule has 2 N–H and O–H groups in total. The van der Waals surface area contributed by atoms with Gasteiger partial charge in [-0.1, -0.05) is 6.92 Å². The molecule has 132 valence electrons. The van der Waals surface area contributed by atoms with Crippen molar-refractivity contribution in [2.24, 2.45) is 5.92 Å². The fourth-order valence-corrected chi connectivity index (χ4v) is 2.94. The lowest BCUT2D eigenvalue weighted by molar-refractivity contribution is -0.120. The molecule has 1 fully saturated rings. The third kappa shape index (κ3) is 5.60. The van der Waals surface area contributed by atoms with Crippen molar-refractivity contribution in [1.29, 1.82) is 0 Å². The van der Waals surface area contributed by atoms with Crippen LogP contribution in [-0.4, -0.2) is 48.9 Å². The van der Waals surface area contributed by atoms with Gasteiger partial charge in [-0.15, -0.1) is 0 Å². The van der Waals surface area contributed by atoms with E-state index in [1.54, 1.807) is 0 Å². The first-order chi connectivity index (χ1) is 11.5. The van der Waals surface area contributed by atoms with Crippen LogP contribution in [0.3, 0.4) is 0 Å². The smallest absolute Gasteiger partial charge is 0.251 e. The molecule has 2 amide bonds. The third-order valence-corrected chi connectivity index (χ3v) is 4.42. The number of benzene rings is 1. The van der Waals surface area contributed by atoms with E-state index in [1.807, 2.05) is 0 Å². The molecule has 5 nitrogen and oxygen atoms in total. The normalized spacial score (nSPS) is 19.5. The van der Waals surface area contributed by atoms with E-state index in [0.29, 0.717) is 18.0 Å². The van der Waals surface area contributed by atoms with Crippen molar-refractivity contribution in [1.82, 2.24) is 15.5 Å². The Morgan fingerprint density at radius 3 is 2.67 bits per heavy atom. The van der Waals surface area contributed by atoms with Crippen LogP contribution in [0.15, 0.2) is 24.3 Å². The Morgan fingerprint density at radius 1 is 1.29 bits per heavy atom. The first-order valence-corrected chi connectivity index (χ1v) is 8.50. The average Bonchev–Trinajstić information content (AvgIpc) is 2.58. The summed E-state index contributed by atoms with van der Waals surface area (Å²) >= 11 is 0. The van der Waals surface area contributed by atoms with Gasteiger partial charge in [0.15, 0.2) is 0 Å². The highest BCUT2D eigenvalue weighted by molar-refractivity contribution is 5.96. The van der Waals surface area contributed by atoms with E-state index >= 15 is 0 Å². The fraction of sp³-hybridized carbons (Fsp3) is 0.556. The molecule has 2 rings (SSSR count). The minimum absolute atomic E-state index is 0.0840. The molecule has 0 radical (unpaired) electrons. The quantitative estimate of drug-likeness (QED) is 0.833. The molecule has 0 bridgehead atoms. The maximum absolute atomic E-state index is 12.8. The predicted octanol–water partition coefficient (Wildman–Crippen LogP) is 1.79. The summed E-state index contributed by atoms with van der Waals surface area (Å²) in [4.78, 5) is 26.1. The molecule has 1 saturated heterocycles. The second-order valence-electron chi connectivity index (χ2n) is 6.59. The Balaban J connectivity index is 1.69. The van der Waals surface area contributed by atoms with Gasteiger partial charge in [-0.3, -0.25) is 14.5 Å². The van der Waals surface area contributed by atoms with Gasteiger partial charge in [-0.05, 0) is 56.5 Å². The Morgan fingerprint density at radius 2 is 2.00 bits per heavy atom. The summed E-state index contributed by atoms with van der Waals surface area (Å²) in [5.74, 6) is -0.303. The summed E-state index contributed by atoms with van der Waals surface area (Å²) in [6.07, 6.45) is 2.47. The first kappa shape index (κ1) is 18.4. The predicted molar refractivity (Wildman–Crippen MR) is 91.2 cm³/mol. The van der Waals surface area contributed by atoms with E-state index in [4.69, 9.17) is 0 Å². The van der Waals surface area contributed by atoms with Crippen LogP contribution in [0.5, 0.6) is 0 Å². The van der Waals surface area contributed by atoms with Crippen molar-refractivity contribution in [3.05, 3.63) is 35.6 Å². The Bertz CT molecular complexity index is 562. The lowest BCUT2D eigenvalue weighted by Gasteiger charge is -2.35. The zero-order valence-electron chi connectivity index (χ0n) is 14.3. The molecule has 2 atom stereocenters. The molecule has 1 aliphatic rings. The first-order valence-electron chi connectivity index (χ1n) is 8.50. The highest BCUT2D eigenvalue weighted by Crippen LogP contribution is 2.17. The Kier molecular flexibility index (Phi) is 6.73. The van der Waals surface area contributed by atoms with Gasteiger partial charge in [-0.2, -0.15) is 0 Å². The topological polar surface area (TPSA) is 61.4 Å². The van der Waals surface area contributed by atoms with Crippen LogP contribution < -0.4 is 10.6 Å². The third-order valence-electron chi connectivity index (χ3n) is 4.42. The molecule has 1 aliphatic heterocycles. The lowest BCUT2D eigenvalue weighted by Crippen LogP contribution is -2.47. The summed E-state index contributed by atoms with van der Waals surface area (Å²) in [6.45, 7) is 6.98. The minimum atomic E-state index is -0.398. The van der Waals surface area contributed by atoms with Crippen molar-refractivity contribution in [2.75, 3.05) is 26.2 Å². The Hall–Kier alpha value is -1.95. The number of carbonyl (C=O) groups is 2. The number of hydrogen-bond donors (Lipinski definition) is 2. The van der Waals surface area contributed by atoms with E-state index in [1.165, 1.54) is 37.1 Å².